The van der Waals surface area contributed by atoms with E-state index in [0.29, 0.717) is 5.02 Å². The average Bonchev–Trinajstić information content (AvgIpc) is 3.07. The Morgan fingerprint density at radius 1 is 1.25 bits per heavy atom. The van der Waals surface area contributed by atoms with Crippen molar-refractivity contribution in [2.45, 2.75) is 20.8 Å². The Bertz CT molecular complexity index is 1030. The number of amides is 2. The highest BCUT2D eigenvalue weighted by molar-refractivity contribution is 8.18. The number of aryl methyl sites for hydroxylation is 1. The van der Waals surface area contributed by atoms with E-state index in [1.807, 2.05) is 45.0 Å². The summed E-state index contributed by atoms with van der Waals surface area (Å²) in [4.78, 5) is 37.2. The Hall–Kier alpha value is -2.51. The monoisotopic (exact) mass is 418 g/mol. The second kappa shape index (κ2) is 7.85. The summed E-state index contributed by atoms with van der Waals surface area (Å²) in [5.41, 5.74) is 4.63. The third-order valence-corrected chi connectivity index (χ3v) is 5.94. The van der Waals surface area contributed by atoms with Gasteiger partial charge in [-0.15, -0.1) is 0 Å². The molecule has 0 aliphatic carbocycles. The molecule has 2 heterocycles. The van der Waals surface area contributed by atoms with Gasteiger partial charge in [0, 0.05) is 22.1 Å². The van der Waals surface area contributed by atoms with Gasteiger partial charge in [0.25, 0.3) is 11.1 Å². The predicted octanol–water partition coefficient (Wildman–Crippen LogP) is 4.27. The van der Waals surface area contributed by atoms with Crippen LogP contribution < -0.4 is 0 Å². The van der Waals surface area contributed by atoms with Gasteiger partial charge in [-0.3, -0.25) is 19.3 Å². The molecule has 6 nitrogen and oxygen atoms in total. The molecule has 0 bridgehead atoms. The number of rotatable bonds is 4. The number of thioether (sulfide) groups is 1. The van der Waals surface area contributed by atoms with E-state index in [2.05, 4.69) is 9.30 Å². The van der Waals surface area contributed by atoms with Gasteiger partial charge in [0.2, 0.25) is 0 Å². The zero-order chi connectivity index (χ0) is 20.6. The summed E-state index contributed by atoms with van der Waals surface area (Å²) in [7, 11) is 1.21. The molecular formula is C20H19ClN2O4S. The third-order valence-electron chi connectivity index (χ3n) is 4.63. The Balaban J connectivity index is 1.98. The van der Waals surface area contributed by atoms with Crippen molar-refractivity contribution >= 4 is 46.6 Å². The van der Waals surface area contributed by atoms with Crippen LogP contribution in [0.4, 0.5) is 4.79 Å². The van der Waals surface area contributed by atoms with Gasteiger partial charge in [-0.1, -0.05) is 17.7 Å². The standard InChI is InChI=1S/C20H19ClN2O4S/c1-11-8-14(13(3)23(11)16-7-5-6-15(21)12(16)2)9-17-19(25)22(20(26)28-17)10-18(24)27-4/h5-9H,10H2,1-4H3/b17-9-. The first kappa shape index (κ1) is 20.2. The van der Waals surface area contributed by atoms with E-state index in [0.717, 1.165) is 44.9 Å². The number of hydrogen-bond donors (Lipinski definition) is 0. The number of imide groups is 1. The summed E-state index contributed by atoms with van der Waals surface area (Å²) in [6, 6.07) is 7.66. The number of nitrogens with zero attached hydrogens (tertiary/aromatic N) is 2. The molecule has 0 radical (unpaired) electrons. The predicted molar refractivity (Wildman–Crippen MR) is 110 cm³/mol. The number of carbonyl (C=O) groups excluding carboxylic acids is 3. The van der Waals surface area contributed by atoms with E-state index in [1.54, 1.807) is 6.08 Å². The van der Waals surface area contributed by atoms with Crippen LogP contribution in [0, 0.1) is 20.8 Å². The SMILES string of the molecule is COC(=O)CN1C(=O)S/C(=C\c2cc(C)n(-c3cccc(Cl)c3C)c2C)C1=O. The fraction of sp³-hybridized carbons (Fsp3) is 0.250. The quantitative estimate of drug-likeness (QED) is 0.548. The molecule has 0 N–H and O–H groups in total. The van der Waals surface area contributed by atoms with Crippen LogP contribution >= 0.6 is 23.4 Å². The van der Waals surface area contributed by atoms with Gasteiger partial charge in [-0.25, -0.2) is 0 Å². The molecule has 1 aliphatic rings. The van der Waals surface area contributed by atoms with Crippen molar-refractivity contribution in [1.82, 2.24) is 9.47 Å². The Morgan fingerprint density at radius 3 is 2.64 bits per heavy atom. The van der Waals surface area contributed by atoms with Crippen LogP contribution in [0.15, 0.2) is 29.2 Å². The number of carbonyl (C=O) groups is 3. The van der Waals surface area contributed by atoms with E-state index < -0.39 is 17.1 Å². The van der Waals surface area contributed by atoms with E-state index in [-0.39, 0.29) is 11.4 Å². The summed E-state index contributed by atoms with van der Waals surface area (Å²) in [6.45, 7) is 5.47. The van der Waals surface area contributed by atoms with E-state index >= 15 is 0 Å². The van der Waals surface area contributed by atoms with Crippen LogP contribution in [0.3, 0.4) is 0 Å². The van der Waals surface area contributed by atoms with Crippen LogP contribution in [0.1, 0.15) is 22.5 Å². The number of hydrogen-bond acceptors (Lipinski definition) is 5. The van der Waals surface area contributed by atoms with Crippen molar-refractivity contribution in [3.63, 3.8) is 0 Å². The van der Waals surface area contributed by atoms with Gasteiger partial charge in [-0.2, -0.15) is 0 Å². The minimum absolute atomic E-state index is 0.275. The fourth-order valence-corrected chi connectivity index (χ4v) is 4.11. The lowest BCUT2D eigenvalue weighted by molar-refractivity contribution is -0.143. The Labute approximate surface area is 172 Å². The molecule has 2 aromatic rings. The molecule has 0 spiro atoms. The summed E-state index contributed by atoms with van der Waals surface area (Å²) in [5.74, 6) is -1.14. The summed E-state index contributed by atoms with van der Waals surface area (Å²) in [6.07, 6.45) is 1.68. The van der Waals surface area contributed by atoms with Crippen molar-refractivity contribution in [3.8, 4) is 5.69 Å². The number of halogens is 1. The molecule has 146 valence electrons. The van der Waals surface area contributed by atoms with Crippen molar-refractivity contribution < 1.29 is 19.1 Å². The number of esters is 1. The summed E-state index contributed by atoms with van der Waals surface area (Å²) < 4.78 is 6.60. The van der Waals surface area contributed by atoms with E-state index in [4.69, 9.17) is 11.6 Å². The molecule has 1 aliphatic heterocycles. The lowest BCUT2D eigenvalue weighted by Gasteiger charge is -2.13. The zero-order valence-corrected chi connectivity index (χ0v) is 17.5. The van der Waals surface area contributed by atoms with Crippen molar-refractivity contribution in [2.75, 3.05) is 13.7 Å². The van der Waals surface area contributed by atoms with Crippen LogP contribution in [0.25, 0.3) is 11.8 Å². The average molecular weight is 419 g/mol. The van der Waals surface area contributed by atoms with Crippen molar-refractivity contribution in [2.24, 2.45) is 0 Å². The second-order valence-electron chi connectivity index (χ2n) is 6.39. The van der Waals surface area contributed by atoms with Gasteiger partial charge in [-0.05, 0) is 67.9 Å². The lowest BCUT2D eigenvalue weighted by atomic mass is 10.2. The largest absolute Gasteiger partial charge is 0.468 e. The van der Waals surface area contributed by atoms with Crippen LogP contribution in [-0.2, 0) is 14.3 Å². The van der Waals surface area contributed by atoms with Gasteiger partial charge in [0.05, 0.1) is 12.0 Å². The topological polar surface area (TPSA) is 68.6 Å². The number of ether oxygens (including phenoxy) is 1. The first-order chi connectivity index (χ1) is 13.2. The molecule has 8 heteroatoms. The smallest absolute Gasteiger partial charge is 0.325 e. The second-order valence-corrected chi connectivity index (χ2v) is 7.79. The Kier molecular flexibility index (Phi) is 5.67. The molecule has 3 rings (SSSR count). The van der Waals surface area contributed by atoms with Crippen molar-refractivity contribution in [3.05, 3.63) is 56.7 Å². The molecule has 0 atom stereocenters. The molecule has 1 fully saturated rings. The first-order valence-electron chi connectivity index (χ1n) is 8.51. The molecule has 1 aromatic carbocycles. The maximum absolute atomic E-state index is 12.5. The highest BCUT2D eigenvalue weighted by atomic mass is 35.5. The van der Waals surface area contributed by atoms with E-state index in [1.165, 1.54) is 7.11 Å². The molecule has 1 saturated heterocycles. The lowest BCUT2D eigenvalue weighted by Crippen LogP contribution is -2.34. The number of aromatic nitrogens is 1. The zero-order valence-electron chi connectivity index (χ0n) is 15.9. The molecular weight excluding hydrogens is 400 g/mol. The van der Waals surface area contributed by atoms with Crippen molar-refractivity contribution in [1.29, 1.82) is 0 Å². The van der Waals surface area contributed by atoms with Gasteiger partial charge < -0.3 is 9.30 Å². The van der Waals surface area contributed by atoms with Gasteiger partial charge in [0.1, 0.15) is 6.54 Å². The molecule has 1 aromatic heterocycles. The van der Waals surface area contributed by atoms with Crippen LogP contribution in [-0.4, -0.2) is 40.2 Å². The number of methoxy groups -OCH3 is 1. The molecule has 28 heavy (non-hydrogen) atoms. The molecule has 0 unspecified atom stereocenters. The first-order valence-corrected chi connectivity index (χ1v) is 9.70. The summed E-state index contributed by atoms with van der Waals surface area (Å²) >= 11 is 7.08. The Morgan fingerprint density at radius 2 is 1.96 bits per heavy atom. The number of benzene rings is 1. The third kappa shape index (κ3) is 3.59. The fourth-order valence-electron chi connectivity index (χ4n) is 3.11. The highest BCUT2D eigenvalue weighted by Gasteiger charge is 2.36. The van der Waals surface area contributed by atoms with E-state index in [9.17, 15) is 14.4 Å². The van der Waals surface area contributed by atoms with Crippen LogP contribution in [0.2, 0.25) is 5.02 Å². The van der Waals surface area contributed by atoms with Gasteiger partial charge >= 0.3 is 5.97 Å². The molecule has 2 amide bonds. The maximum Gasteiger partial charge on any atom is 0.325 e. The minimum atomic E-state index is -0.641. The van der Waals surface area contributed by atoms with Crippen LogP contribution in [0.5, 0.6) is 0 Å². The van der Waals surface area contributed by atoms with Gasteiger partial charge in [0.15, 0.2) is 0 Å². The normalized spacial score (nSPS) is 15.6. The summed E-state index contributed by atoms with van der Waals surface area (Å²) in [5, 5.41) is 0.191. The minimum Gasteiger partial charge on any atom is -0.468 e. The maximum atomic E-state index is 12.5. The highest BCUT2D eigenvalue weighted by Crippen LogP contribution is 2.34. The molecule has 0 saturated carbocycles.